The quantitative estimate of drug-likeness (QED) is 0.577. The van der Waals surface area contributed by atoms with E-state index in [4.69, 9.17) is 12.2 Å². The molecule has 104 valence electrons. The van der Waals surface area contributed by atoms with E-state index in [1.165, 1.54) is 42.5 Å². The van der Waals surface area contributed by atoms with E-state index in [9.17, 15) is 0 Å². The third kappa shape index (κ3) is 3.86. The maximum atomic E-state index is 5.42. The number of nitrogens with zero attached hydrogens (tertiary/aromatic N) is 1. The summed E-state index contributed by atoms with van der Waals surface area (Å²) in [6.07, 6.45) is 7.34. The highest BCUT2D eigenvalue weighted by Crippen LogP contribution is 2.17. The van der Waals surface area contributed by atoms with Crippen LogP contribution < -0.4 is 0 Å². The zero-order valence-electron chi connectivity index (χ0n) is 11.7. The van der Waals surface area contributed by atoms with E-state index < -0.39 is 0 Å². The van der Waals surface area contributed by atoms with Gasteiger partial charge in [-0.25, -0.2) is 0 Å². The zero-order valence-corrected chi connectivity index (χ0v) is 13.4. The second-order valence-electron chi connectivity index (χ2n) is 5.01. The number of aromatic nitrogens is 2. The fraction of sp³-hybridized carbons (Fsp3) is 0.533. The van der Waals surface area contributed by atoms with Crippen LogP contribution in [0, 0.1) is 11.7 Å². The Hall–Kier alpha value is -0.740. The molecule has 1 aromatic heterocycles. The van der Waals surface area contributed by atoms with E-state index >= 15 is 0 Å². The first-order valence-electron chi connectivity index (χ1n) is 6.90. The summed E-state index contributed by atoms with van der Waals surface area (Å²) in [4.78, 5) is 3.30. The minimum atomic E-state index is 0.852. The van der Waals surface area contributed by atoms with Gasteiger partial charge in [0, 0.05) is 6.54 Å². The standard InChI is InChI=1S/C15H22N2S2/c1-12-7-8-14-13(11-12)16-15(18)17(14)9-5-3-4-6-10-19-2/h7-8,11H,3-6,9-10H2,1-2H3,(H,16,18). The molecular weight excluding hydrogens is 272 g/mol. The highest BCUT2D eigenvalue weighted by atomic mass is 32.2. The Labute approximate surface area is 124 Å². The molecule has 0 bridgehead atoms. The summed E-state index contributed by atoms with van der Waals surface area (Å²) in [5.41, 5.74) is 3.67. The molecule has 0 aliphatic rings. The van der Waals surface area contributed by atoms with E-state index in [1.807, 2.05) is 11.8 Å². The van der Waals surface area contributed by atoms with Gasteiger partial charge in [0.05, 0.1) is 11.0 Å². The van der Waals surface area contributed by atoms with Gasteiger partial charge < -0.3 is 9.55 Å². The average Bonchev–Trinajstić information content (AvgIpc) is 2.69. The van der Waals surface area contributed by atoms with Crippen molar-refractivity contribution in [3.8, 4) is 0 Å². The predicted octanol–water partition coefficient (Wildman–Crippen LogP) is 4.93. The van der Waals surface area contributed by atoms with E-state index in [1.54, 1.807) is 0 Å². The van der Waals surface area contributed by atoms with Crippen LogP contribution in [0.1, 0.15) is 31.2 Å². The van der Waals surface area contributed by atoms with Crippen LogP contribution in [0.25, 0.3) is 11.0 Å². The summed E-state index contributed by atoms with van der Waals surface area (Å²) in [6.45, 7) is 3.14. The van der Waals surface area contributed by atoms with Crippen LogP contribution in [0.5, 0.6) is 0 Å². The molecule has 0 aliphatic carbocycles. The number of imidazole rings is 1. The maximum Gasteiger partial charge on any atom is 0.178 e. The smallest absolute Gasteiger partial charge is 0.178 e. The fourth-order valence-corrected chi connectivity index (χ4v) is 3.16. The van der Waals surface area contributed by atoms with Gasteiger partial charge in [0.1, 0.15) is 0 Å². The molecule has 2 nitrogen and oxygen atoms in total. The molecule has 0 radical (unpaired) electrons. The molecular formula is C15H22N2S2. The molecule has 2 rings (SSSR count). The Bertz CT molecular complexity index is 583. The van der Waals surface area contributed by atoms with Gasteiger partial charge >= 0.3 is 0 Å². The van der Waals surface area contributed by atoms with Gasteiger partial charge in [0.25, 0.3) is 0 Å². The zero-order chi connectivity index (χ0) is 13.7. The number of fused-ring (bicyclic) bond motifs is 1. The van der Waals surface area contributed by atoms with Crippen molar-refractivity contribution in [3.05, 3.63) is 28.5 Å². The van der Waals surface area contributed by atoms with Crippen LogP contribution in [-0.4, -0.2) is 21.6 Å². The Balaban J connectivity index is 1.97. The van der Waals surface area contributed by atoms with Crippen LogP contribution in [-0.2, 0) is 6.54 Å². The Morgan fingerprint density at radius 1 is 1.21 bits per heavy atom. The Morgan fingerprint density at radius 3 is 2.79 bits per heavy atom. The fourth-order valence-electron chi connectivity index (χ4n) is 2.37. The number of H-pyrrole nitrogens is 1. The Morgan fingerprint density at radius 2 is 2.00 bits per heavy atom. The number of unbranched alkanes of at least 4 members (excludes halogenated alkanes) is 3. The summed E-state index contributed by atoms with van der Waals surface area (Å²) in [5.74, 6) is 1.28. The monoisotopic (exact) mass is 294 g/mol. The summed E-state index contributed by atoms with van der Waals surface area (Å²) in [6, 6.07) is 6.49. The van der Waals surface area contributed by atoms with Gasteiger partial charge in [0.2, 0.25) is 0 Å². The number of aryl methyl sites for hydroxylation is 2. The minimum Gasteiger partial charge on any atom is -0.331 e. The number of hydrogen-bond acceptors (Lipinski definition) is 2. The van der Waals surface area contributed by atoms with Crippen molar-refractivity contribution in [2.75, 3.05) is 12.0 Å². The molecule has 0 unspecified atom stereocenters. The molecule has 0 saturated heterocycles. The lowest BCUT2D eigenvalue weighted by Crippen LogP contribution is -1.98. The second-order valence-corrected chi connectivity index (χ2v) is 6.38. The van der Waals surface area contributed by atoms with Gasteiger partial charge in [-0.05, 0) is 61.7 Å². The maximum absolute atomic E-state index is 5.42. The van der Waals surface area contributed by atoms with Crippen molar-refractivity contribution < 1.29 is 0 Å². The normalized spacial score (nSPS) is 11.3. The van der Waals surface area contributed by atoms with Crippen molar-refractivity contribution in [2.45, 2.75) is 39.2 Å². The second kappa shape index (κ2) is 7.15. The lowest BCUT2D eigenvalue weighted by Gasteiger charge is -2.05. The summed E-state index contributed by atoms with van der Waals surface area (Å²) in [5, 5.41) is 0. The molecule has 0 aliphatic heterocycles. The van der Waals surface area contributed by atoms with Gasteiger partial charge in [-0.1, -0.05) is 18.9 Å². The van der Waals surface area contributed by atoms with Crippen LogP contribution in [0.3, 0.4) is 0 Å². The SMILES string of the molecule is CSCCCCCCn1c(=S)[nH]c2cc(C)ccc21. The van der Waals surface area contributed by atoms with E-state index in [-0.39, 0.29) is 0 Å². The predicted molar refractivity (Wildman–Crippen MR) is 88.7 cm³/mol. The molecule has 2 aromatic rings. The highest BCUT2D eigenvalue weighted by Gasteiger charge is 2.03. The molecule has 19 heavy (non-hydrogen) atoms. The molecule has 0 saturated carbocycles. The number of aromatic amines is 1. The molecule has 0 fully saturated rings. The van der Waals surface area contributed by atoms with Crippen molar-refractivity contribution in [1.82, 2.24) is 9.55 Å². The van der Waals surface area contributed by atoms with Crippen LogP contribution in [0.15, 0.2) is 18.2 Å². The van der Waals surface area contributed by atoms with E-state index in [0.29, 0.717) is 0 Å². The summed E-state index contributed by atoms with van der Waals surface area (Å²) >= 11 is 7.36. The third-order valence-corrected chi connectivity index (χ3v) is 4.43. The van der Waals surface area contributed by atoms with Crippen LogP contribution in [0.2, 0.25) is 0 Å². The molecule has 0 spiro atoms. The molecule has 0 amide bonds. The number of hydrogen-bond donors (Lipinski definition) is 1. The van der Waals surface area contributed by atoms with E-state index in [2.05, 4.69) is 40.9 Å². The lowest BCUT2D eigenvalue weighted by molar-refractivity contribution is 0.589. The summed E-state index contributed by atoms with van der Waals surface area (Å²) in [7, 11) is 0. The van der Waals surface area contributed by atoms with Gasteiger partial charge in [-0.3, -0.25) is 0 Å². The minimum absolute atomic E-state index is 0.852. The van der Waals surface area contributed by atoms with E-state index in [0.717, 1.165) is 16.8 Å². The van der Waals surface area contributed by atoms with Crippen LogP contribution >= 0.6 is 24.0 Å². The molecule has 1 heterocycles. The lowest BCUT2D eigenvalue weighted by atomic mass is 10.2. The first-order chi connectivity index (χ1) is 9.22. The van der Waals surface area contributed by atoms with Crippen molar-refractivity contribution in [3.63, 3.8) is 0 Å². The van der Waals surface area contributed by atoms with Crippen molar-refractivity contribution in [2.24, 2.45) is 0 Å². The first-order valence-corrected chi connectivity index (χ1v) is 8.70. The number of rotatable bonds is 7. The molecule has 1 N–H and O–H groups in total. The highest BCUT2D eigenvalue weighted by molar-refractivity contribution is 7.98. The average molecular weight is 294 g/mol. The number of thioether (sulfide) groups is 1. The third-order valence-electron chi connectivity index (χ3n) is 3.41. The largest absolute Gasteiger partial charge is 0.331 e. The van der Waals surface area contributed by atoms with Crippen molar-refractivity contribution in [1.29, 1.82) is 0 Å². The number of nitrogens with one attached hydrogen (secondary N) is 1. The van der Waals surface area contributed by atoms with Gasteiger partial charge in [-0.2, -0.15) is 11.8 Å². The molecule has 4 heteroatoms. The first kappa shape index (κ1) is 14.7. The topological polar surface area (TPSA) is 20.7 Å². The van der Waals surface area contributed by atoms with Crippen LogP contribution in [0.4, 0.5) is 0 Å². The van der Waals surface area contributed by atoms with Crippen molar-refractivity contribution >= 4 is 35.0 Å². The summed E-state index contributed by atoms with van der Waals surface area (Å²) < 4.78 is 3.09. The molecule has 1 aromatic carbocycles. The molecule has 0 atom stereocenters. The number of benzene rings is 1. The Kier molecular flexibility index (Phi) is 5.52. The van der Waals surface area contributed by atoms with Gasteiger partial charge in [0.15, 0.2) is 4.77 Å². The van der Waals surface area contributed by atoms with Gasteiger partial charge in [-0.15, -0.1) is 0 Å².